The minimum Gasteiger partial charge on any atom is -0.374 e. The summed E-state index contributed by atoms with van der Waals surface area (Å²) in [6, 6.07) is 19.5. The molecule has 1 heterocycles. The first-order chi connectivity index (χ1) is 17.3. The van der Waals surface area contributed by atoms with E-state index in [1.807, 2.05) is 0 Å². The SMILES string of the molecule is CC(=Nc1c(C(C)C)cccc1C(C)C)c1cccc(C(C)(C)Nc2c(C(C)C)cccc2C(C)C)n1. The Balaban J connectivity index is 2.05. The molecular weight excluding hydrogens is 450 g/mol. The minimum absolute atomic E-state index is 0.357. The summed E-state index contributed by atoms with van der Waals surface area (Å²) in [7, 11) is 0. The first-order valence-electron chi connectivity index (χ1n) is 13.9. The van der Waals surface area contributed by atoms with E-state index in [1.165, 1.54) is 27.9 Å². The quantitative estimate of drug-likeness (QED) is 0.299. The summed E-state index contributed by atoms with van der Waals surface area (Å²) in [4.78, 5) is 10.3. The second-order valence-corrected chi connectivity index (χ2v) is 12.1. The van der Waals surface area contributed by atoms with Crippen molar-refractivity contribution in [3.05, 3.63) is 88.2 Å². The number of pyridine rings is 1. The molecule has 37 heavy (non-hydrogen) atoms. The smallest absolute Gasteiger partial charge is 0.0846 e. The zero-order chi connectivity index (χ0) is 27.5. The van der Waals surface area contributed by atoms with Gasteiger partial charge in [0, 0.05) is 5.69 Å². The molecule has 1 aromatic heterocycles. The summed E-state index contributed by atoms with van der Waals surface area (Å²) in [5.41, 5.74) is 10.1. The topological polar surface area (TPSA) is 37.3 Å². The van der Waals surface area contributed by atoms with Crippen LogP contribution in [0.15, 0.2) is 59.6 Å². The van der Waals surface area contributed by atoms with Gasteiger partial charge in [-0.25, -0.2) is 4.98 Å². The molecule has 0 saturated heterocycles. The monoisotopic (exact) mass is 497 g/mol. The lowest BCUT2D eigenvalue weighted by molar-refractivity contribution is 0.583. The van der Waals surface area contributed by atoms with Crippen molar-refractivity contribution in [2.45, 2.75) is 105 Å². The number of anilines is 1. The number of hydrogen-bond donors (Lipinski definition) is 1. The van der Waals surface area contributed by atoms with E-state index in [2.05, 4.69) is 136 Å². The van der Waals surface area contributed by atoms with Crippen molar-refractivity contribution in [1.29, 1.82) is 0 Å². The van der Waals surface area contributed by atoms with Crippen LogP contribution in [0.1, 0.15) is 133 Å². The molecule has 3 aromatic rings. The third kappa shape index (κ3) is 6.50. The van der Waals surface area contributed by atoms with Crippen molar-refractivity contribution >= 4 is 17.1 Å². The van der Waals surface area contributed by atoms with Gasteiger partial charge < -0.3 is 5.32 Å². The van der Waals surface area contributed by atoms with Crippen LogP contribution >= 0.6 is 0 Å². The summed E-state index contributed by atoms with van der Waals surface area (Å²) in [6.45, 7) is 24.5. The molecule has 3 heteroatoms. The molecule has 2 aromatic carbocycles. The molecule has 0 saturated carbocycles. The van der Waals surface area contributed by atoms with Crippen molar-refractivity contribution in [2.24, 2.45) is 4.99 Å². The van der Waals surface area contributed by atoms with Gasteiger partial charge in [-0.05, 0) is 78.8 Å². The van der Waals surface area contributed by atoms with Crippen LogP contribution in [0.2, 0.25) is 0 Å². The Hall–Kier alpha value is -2.94. The molecule has 0 amide bonds. The van der Waals surface area contributed by atoms with E-state index in [9.17, 15) is 0 Å². The second-order valence-electron chi connectivity index (χ2n) is 12.1. The van der Waals surface area contributed by atoms with Gasteiger partial charge >= 0.3 is 0 Å². The van der Waals surface area contributed by atoms with E-state index in [0.29, 0.717) is 23.7 Å². The maximum Gasteiger partial charge on any atom is 0.0846 e. The lowest BCUT2D eigenvalue weighted by Crippen LogP contribution is -2.31. The van der Waals surface area contributed by atoms with Crippen molar-refractivity contribution in [1.82, 2.24) is 4.98 Å². The molecule has 0 bridgehead atoms. The highest BCUT2D eigenvalue weighted by Gasteiger charge is 2.26. The average molecular weight is 498 g/mol. The second kappa shape index (κ2) is 11.6. The number of nitrogens with zero attached hydrogens (tertiary/aromatic N) is 2. The molecule has 0 aliphatic heterocycles. The Morgan fingerprint density at radius 1 is 0.676 bits per heavy atom. The van der Waals surface area contributed by atoms with Crippen molar-refractivity contribution < 1.29 is 0 Å². The Morgan fingerprint density at radius 3 is 1.57 bits per heavy atom. The average Bonchev–Trinajstić information content (AvgIpc) is 2.83. The molecule has 0 aliphatic rings. The van der Waals surface area contributed by atoms with Gasteiger partial charge in [-0.3, -0.25) is 4.99 Å². The molecule has 3 nitrogen and oxygen atoms in total. The first kappa shape index (κ1) is 28.6. The number of aromatic nitrogens is 1. The van der Waals surface area contributed by atoms with Crippen LogP contribution in [0.3, 0.4) is 0 Å². The molecule has 0 unspecified atom stereocenters. The van der Waals surface area contributed by atoms with Gasteiger partial charge in [0.1, 0.15) is 0 Å². The summed E-state index contributed by atoms with van der Waals surface area (Å²) in [6.07, 6.45) is 0. The van der Waals surface area contributed by atoms with Gasteiger partial charge in [-0.1, -0.05) is 97.9 Å². The fourth-order valence-electron chi connectivity index (χ4n) is 4.92. The van der Waals surface area contributed by atoms with E-state index in [4.69, 9.17) is 9.98 Å². The molecule has 0 aliphatic carbocycles. The molecule has 1 N–H and O–H groups in total. The Bertz CT molecular complexity index is 1190. The molecule has 0 fully saturated rings. The van der Waals surface area contributed by atoms with Crippen LogP contribution in [-0.4, -0.2) is 10.7 Å². The number of aliphatic imine (C=N–C) groups is 1. The fraction of sp³-hybridized carbons (Fsp3) is 0.471. The summed E-state index contributed by atoms with van der Waals surface area (Å²) < 4.78 is 0. The normalized spacial score (nSPS) is 12.8. The maximum atomic E-state index is 5.19. The number of benzene rings is 2. The van der Waals surface area contributed by atoms with E-state index in [-0.39, 0.29) is 5.54 Å². The molecule has 3 rings (SSSR count). The molecule has 0 atom stereocenters. The predicted molar refractivity (Wildman–Crippen MR) is 162 cm³/mol. The van der Waals surface area contributed by atoms with Crippen LogP contribution in [0.5, 0.6) is 0 Å². The third-order valence-corrected chi connectivity index (χ3v) is 7.19. The van der Waals surface area contributed by atoms with E-state index in [0.717, 1.165) is 22.8 Å². The standard InChI is InChI=1S/C34H47N3/c1-21(2)26-15-12-16-27(22(3)4)32(26)35-25(9)30-19-14-20-31(36-30)34(10,11)37-33-28(23(5)6)17-13-18-29(33)24(7)8/h12-24,37H,1-11H3. The predicted octanol–water partition coefficient (Wildman–Crippen LogP) is 10.1. The summed E-state index contributed by atoms with van der Waals surface area (Å²) in [5.74, 6) is 1.68. The third-order valence-electron chi connectivity index (χ3n) is 7.19. The molecule has 0 spiro atoms. The maximum absolute atomic E-state index is 5.19. The van der Waals surface area contributed by atoms with Crippen LogP contribution in [0.4, 0.5) is 11.4 Å². The van der Waals surface area contributed by atoms with Crippen LogP contribution in [-0.2, 0) is 5.54 Å². The molecular formula is C34H47N3. The van der Waals surface area contributed by atoms with Crippen LogP contribution in [0, 0.1) is 0 Å². The molecule has 0 radical (unpaired) electrons. The number of hydrogen-bond acceptors (Lipinski definition) is 3. The lowest BCUT2D eigenvalue weighted by atomic mass is 9.90. The van der Waals surface area contributed by atoms with Crippen molar-refractivity contribution in [3.63, 3.8) is 0 Å². The van der Waals surface area contributed by atoms with Gasteiger partial charge in [0.05, 0.1) is 28.3 Å². The zero-order valence-electron chi connectivity index (χ0n) is 24.9. The largest absolute Gasteiger partial charge is 0.374 e. The zero-order valence-corrected chi connectivity index (χ0v) is 24.9. The highest BCUT2D eigenvalue weighted by atomic mass is 15.0. The highest BCUT2D eigenvalue weighted by Crippen LogP contribution is 2.37. The highest BCUT2D eigenvalue weighted by molar-refractivity contribution is 5.99. The van der Waals surface area contributed by atoms with Crippen LogP contribution in [0.25, 0.3) is 0 Å². The summed E-state index contributed by atoms with van der Waals surface area (Å²) in [5, 5.41) is 3.90. The van der Waals surface area contributed by atoms with Crippen LogP contribution < -0.4 is 5.32 Å². The van der Waals surface area contributed by atoms with Gasteiger partial charge in [0.25, 0.3) is 0 Å². The van der Waals surface area contributed by atoms with Gasteiger partial charge in [0.2, 0.25) is 0 Å². The number of para-hydroxylation sites is 2. The van der Waals surface area contributed by atoms with E-state index in [1.54, 1.807) is 0 Å². The van der Waals surface area contributed by atoms with Gasteiger partial charge in [-0.15, -0.1) is 0 Å². The van der Waals surface area contributed by atoms with E-state index < -0.39 is 0 Å². The van der Waals surface area contributed by atoms with Gasteiger partial charge in [-0.2, -0.15) is 0 Å². The number of nitrogens with one attached hydrogen (secondary N) is 1. The minimum atomic E-state index is -0.357. The Labute approximate surface area is 225 Å². The van der Waals surface area contributed by atoms with Crippen molar-refractivity contribution in [2.75, 3.05) is 5.32 Å². The summed E-state index contributed by atoms with van der Waals surface area (Å²) >= 11 is 0. The number of rotatable bonds is 9. The Morgan fingerprint density at radius 2 is 1.11 bits per heavy atom. The van der Waals surface area contributed by atoms with Crippen molar-refractivity contribution in [3.8, 4) is 0 Å². The lowest BCUT2D eigenvalue weighted by Gasteiger charge is -2.31. The van der Waals surface area contributed by atoms with E-state index >= 15 is 0 Å². The fourth-order valence-corrected chi connectivity index (χ4v) is 4.92. The Kier molecular flexibility index (Phi) is 9.00. The molecule has 198 valence electrons. The first-order valence-corrected chi connectivity index (χ1v) is 13.9. The van der Waals surface area contributed by atoms with Gasteiger partial charge in [0.15, 0.2) is 0 Å².